The van der Waals surface area contributed by atoms with Crippen LogP contribution in [0.5, 0.6) is 0 Å². The summed E-state index contributed by atoms with van der Waals surface area (Å²) in [5.41, 5.74) is 5.24. The monoisotopic (exact) mass is 341 g/mol. The molecule has 1 aromatic rings. The number of thioether (sulfide) groups is 1. The van der Waals surface area contributed by atoms with Crippen molar-refractivity contribution in [2.75, 3.05) is 12.8 Å². The summed E-state index contributed by atoms with van der Waals surface area (Å²) in [5.74, 6) is 1.46. The molecule has 0 aromatic carbocycles. The number of hydrogen-bond donors (Lipinski definition) is 2. The predicted molar refractivity (Wildman–Crippen MR) is 95.5 cm³/mol. The highest BCUT2D eigenvalue weighted by molar-refractivity contribution is 7.98. The average molecular weight is 342 g/mol. The zero-order valence-electron chi connectivity index (χ0n) is 15.1. The van der Waals surface area contributed by atoms with Crippen LogP contribution >= 0.6 is 11.8 Å². The molecule has 1 rings (SSSR count). The fourth-order valence-electron chi connectivity index (χ4n) is 2.49. The summed E-state index contributed by atoms with van der Waals surface area (Å²) >= 11 is 1.61. The van der Waals surface area contributed by atoms with E-state index in [0.29, 0.717) is 18.9 Å². The Balaban J connectivity index is 2.50. The quantitative estimate of drug-likeness (QED) is 0.503. The van der Waals surface area contributed by atoms with Crippen LogP contribution in [0.25, 0.3) is 0 Å². The molecule has 0 saturated carbocycles. The maximum atomic E-state index is 12.1. The summed E-state index contributed by atoms with van der Waals surface area (Å²) in [6.45, 7) is 9.72. The number of aromatic nitrogens is 3. The van der Waals surface area contributed by atoms with Crippen molar-refractivity contribution in [2.45, 2.75) is 70.6 Å². The normalized spacial score (nSPS) is 14.0. The second kappa shape index (κ2) is 9.27. The number of carbonyl (C=O) groups excluding carboxylic acids is 1. The first-order valence-corrected chi connectivity index (χ1v) is 9.57. The Kier molecular flexibility index (Phi) is 8.05. The summed E-state index contributed by atoms with van der Waals surface area (Å²) in [6, 6.07) is 0. The molecule has 6 nitrogen and oxygen atoms in total. The van der Waals surface area contributed by atoms with Gasteiger partial charge in [-0.05, 0) is 31.9 Å². The fraction of sp³-hybridized carbons (Fsp3) is 0.812. The van der Waals surface area contributed by atoms with Crippen molar-refractivity contribution in [3.63, 3.8) is 0 Å². The molecule has 0 aliphatic carbocycles. The zero-order chi connectivity index (χ0) is 17.5. The van der Waals surface area contributed by atoms with Crippen LogP contribution in [-0.4, -0.2) is 39.0 Å². The molecule has 23 heavy (non-hydrogen) atoms. The Morgan fingerprint density at radius 3 is 2.70 bits per heavy atom. The number of nitrogens with two attached hydrogens (primary N) is 1. The minimum atomic E-state index is -0.779. The first-order valence-electron chi connectivity index (χ1n) is 8.35. The molecule has 0 spiro atoms. The summed E-state index contributed by atoms with van der Waals surface area (Å²) in [7, 11) is 0. The minimum Gasteiger partial charge on any atom is -0.355 e. The summed E-state index contributed by atoms with van der Waals surface area (Å²) in [6.07, 6.45) is 5.24. The van der Waals surface area contributed by atoms with E-state index in [1.165, 1.54) is 0 Å². The summed E-state index contributed by atoms with van der Waals surface area (Å²) in [4.78, 5) is 12.1. The van der Waals surface area contributed by atoms with Crippen LogP contribution in [0.15, 0.2) is 5.16 Å². The summed E-state index contributed by atoms with van der Waals surface area (Å²) < 4.78 is 2.18. The van der Waals surface area contributed by atoms with Gasteiger partial charge in [0.1, 0.15) is 5.82 Å². The number of rotatable bonds is 10. The van der Waals surface area contributed by atoms with E-state index in [1.807, 2.05) is 13.2 Å². The van der Waals surface area contributed by atoms with Gasteiger partial charge >= 0.3 is 0 Å². The van der Waals surface area contributed by atoms with Crippen molar-refractivity contribution in [2.24, 2.45) is 11.7 Å². The molecule has 1 aromatic heterocycles. The number of amides is 1. The first-order chi connectivity index (χ1) is 10.8. The maximum Gasteiger partial charge on any atom is 0.239 e. The molecular weight excluding hydrogens is 310 g/mol. The molecule has 0 radical (unpaired) electrons. The van der Waals surface area contributed by atoms with Crippen molar-refractivity contribution >= 4 is 17.7 Å². The lowest BCUT2D eigenvalue weighted by Crippen LogP contribution is -2.51. The number of nitrogens with one attached hydrogen (secondary N) is 1. The maximum absolute atomic E-state index is 12.1. The molecule has 1 unspecified atom stereocenters. The third-order valence-corrected chi connectivity index (χ3v) is 4.34. The molecule has 0 aliphatic heterocycles. The predicted octanol–water partition coefficient (Wildman–Crippen LogP) is 2.22. The van der Waals surface area contributed by atoms with Crippen LogP contribution in [0.4, 0.5) is 0 Å². The molecule has 0 fully saturated rings. The Labute approximate surface area is 144 Å². The van der Waals surface area contributed by atoms with Gasteiger partial charge in [0, 0.05) is 19.5 Å². The van der Waals surface area contributed by atoms with E-state index >= 15 is 0 Å². The van der Waals surface area contributed by atoms with Crippen molar-refractivity contribution in [1.82, 2.24) is 20.1 Å². The van der Waals surface area contributed by atoms with Crippen molar-refractivity contribution in [3.05, 3.63) is 5.82 Å². The van der Waals surface area contributed by atoms with Gasteiger partial charge in [0.25, 0.3) is 0 Å². The van der Waals surface area contributed by atoms with Crippen LogP contribution in [0, 0.1) is 5.92 Å². The van der Waals surface area contributed by atoms with Gasteiger partial charge in [0.15, 0.2) is 5.16 Å². The molecule has 1 amide bonds. The molecular formula is C16H31N5OS. The molecule has 3 N–H and O–H groups in total. The van der Waals surface area contributed by atoms with Crippen molar-refractivity contribution in [1.29, 1.82) is 0 Å². The van der Waals surface area contributed by atoms with Gasteiger partial charge in [-0.1, -0.05) is 39.0 Å². The third kappa shape index (κ3) is 6.14. The highest BCUT2D eigenvalue weighted by Gasteiger charge is 2.26. The molecule has 1 heterocycles. The lowest BCUT2D eigenvalue weighted by molar-refractivity contribution is -0.126. The van der Waals surface area contributed by atoms with Crippen molar-refractivity contribution in [3.8, 4) is 0 Å². The number of nitrogens with zero attached hydrogens (tertiary/aromatic N) is 3. The Hall–Kier alpha value is -1.08. The van der Waals surface area contributed by atoms with Crippen LogP contribution in [-0.2, 0) is 17.8 Å². The lowest BCUT2D eigenvalue weighted by Gasteiger charge is -2.22. The number of carbonyl (C=O) groups is 1. The molecule has 7 heteroatoms. The van der Waals surface area contributed by atoms with Gasteiger partial charge < -0.3 is 15.6 Å². The van der Waals surface area contributed by atoms with E-state index in [9.17, 15) is 4.79 Å². The van der Waals surface area contributed by atoms with Crippen LogP contribution in [0.2, 0.25) is 0 Å². The van der Waals surface area contributed by atoms with Crippen LogP contribution in [0.3, 0.4) is 0 Å². The average Bonchev–Trinajstić information content (AvgIpc) is 2.84. The highest BCUT2D eigenvalue weighted by Crippen LogP contribution is 2.16. The van der Waals surface area contributed by atoms with E-state index in [4.69, 9.17) is 5.73 Å². The van der Waals surface area contributed by atoms with Gasteiger partial charge in [-0.3, -0.25) is 4.79 Å². The molecule has 132 valence electrons. The minimum absolute atomic E-state index is 0.0761. The third-order valence-electron chi connectivity index (χ3n) is 3.67. The van der Waals surface area contributed by atoms with E-state index in [-0.39, 0.29) is 5.91 Å². The van der Waals surface area contributed by atoms with Gasteiger partial charge in [-0.25, -0.2) is 0 Å². The highest BCUT2D eigenvalue weighted by atomic mass is 32.2. The van der Waals surface area contributed by atoms with E-state index in [0.717, 1.165) is 36.8 Å². The van der Waals surface area contributed by atoms with E-state index in [1.54, 1.807) is 18.7 Å². The fourth-order valence-corrected chi connectivity index (χ4v) is 3.01. The molecule has 1 atom stereocenters. The smallest absolute Gasteiger partial charge is 0.239 e. The first kappa shape index (κ1) is 20.0. The van der Waals surface area contributed by atoms with Crippen molar-refractivity contribution < 1.29 is 4.79 Å². The molecule has 0 saturated heterocycles. The number of hydrogen-bond acceptors (Lipinski definition) is 5. The van der Waals surface area contributed by atoms with Gasteiger partial charge in [-0.15, -0.1) is 10.2 Å². The van der Waals surface area contributed by atoms with Gasteiger partial charge in [0.05, 0.1) is 5.54 Å². The van der Waals surface area contributed by atoms with Gasteiger partial charge in [0.2, 0.25) is 5.91 Å². The van der Waals surface area contributed by atoms with Gasteiger partial charge in [-0.2, -0.15) is 0 Å². The Morgan fingerprint density at radius 2 is 2.13 bits per heavy atom. The SMILES string of the molecule is CCCC(C)(N)C(=O)NCCCc1nnc(SC)n1CC(C)C. The standard InChI is InChI=1S/C16H31N5OS/c1-6-9-16(4,17)14(22)18-10-7-8-13-19-20-15(23-5)21(13)11-12(2)3/h12H,6-11,17H2,1-5H3,(H,18,22). The largest absolute Gasteiger partial charge is 0.355 e. The summed E-state index contributed by atoms with van der Waals surface area (Å²) in [5, 5.41) is 12.4. The number of aryl methyl sites for hydroxylation is 1. The topological polar surface area (TPSA) is 85.8 Å². The van der Waals surface area contributed by atoms with E-state index in [2.05, 4.69) is 33.9 Å². The second-order valence-corrected chi connectivity index (χ2v) is 7.41. The Bertz CT molecular complexity index is 499. The van der Waals surface area contributed by atoms with Crippen LogP contribution < -0.4 is 11.1 Å². The molecule has 0 aliphatic rings. The lowest BCUT2D eigenvalue weighted by atomic mass is 9.96. The Morgan fingerprint density at radius 1 is 1.43 bits per heavy atom. The second-order valence-electron chi connectivity index (χ2n) is 6.63. The molecule has 0 bridgehead atoms. The zero-order valence-corrected chi connectivity index (χ0v) is 15.9. The van der Waals surface area contributed by atoms with E-state index < -0.39 is 5.54 Å². The van der Waals surface area contributed by atoms with Crippen LogP contribution in [0.1, 0.15) is 52.8 Å².